The van der Waals surface area contributed by atoms with E-state index in [1.165, 1.54) is 6.20 Å². The molecule has 0 unspecified atom stereocenters. The maximum Gasteiger partial charge on any atom is 0.325 e. The molecule has 20 heavy (non-hydrogen) atoms. The predicted molar refractivity (Wildman–Crippen MR) is 69.3 cm³/mol. The van der Waals surface area contributed by atoms with Crippen LogP contribution >= 0.6 is 0 Å². The molecule has 9 heteroatoms. The second-order valence-corrected chi connectivity index (χ2v) is 5.97. The summed E-state index contributed by atoms with van der Waals surface area (Å²) in [4.78, 5) is 10.5. The van der Waals surface area contributed by atoms with E-state index in [0.29, 0.717) is 0 Å². The lowest BCUT2D eigenvalue weighted by Gasteiger charge is -2.05. The van der Waals surface area contributed by atoms with Crippen molar-refractivity contribution in [2.75, 3.05) is 0 Å². The van der Waals surface area contributed by atoms with E-state index in [9.17, 15) is 13.2 Å². The number of sulfonamides is 1. The van der Waals surface area contributed by atoms with E-state index in [1.54, 1.807) is 10.6 Å². The van der Waals surface area contributed by atoms with Crippen LogP contribution in [0.1, 0.15) is 5.69 Å². The van der Waals surface area contributed by atoms with E-state index in [-0.39, 0.29) is 18.0 Å². The molecule has 2 heterocycles. The zero-order chi connectivity index (χ0) is 14.8. The van der Waals surface area contributed by atoms with Gasteiger partial charge in [-0.2, -0.15) is 5.10 Å². The number of nitrogens with zero attached hydrogens (tertiary/aromatic N) is 3. The van der Waals surface area contributed by atoms with E-state index >= 15 is 0 Å². The van der Waals surface area contributed by atoms with Crippen LogP contribution in [0.2, 0.25) is 0 Å². The molecule has 2 aromatic heterocycles. The third-order valence-corrected chi connectivity index (χ3v) is 4.07. The number of rotatable bonds is 6. The molecule has 0 atom stereocenters. The van der Waals surface area contributed by atoms with Crippen LogP contribution in [0.15, 0.2) is 35.6 Å². The van der Waals surface area contributed by atoms with Gasteiger partial charge in [0.1, 0.15) is 11.4 Å². The normalized spacial score (nSPS) is 11.7. The van der Waals surface area contributed by atoms with Gasteiger partial charge < -0.3 is 9.67 Å². The topological polar surface area (TPSA) is 106 Å². The maximum atomic E-state index is 12.0. The summed E-state index contributed by atoms with van der Waals surface area (Å²) in [6, 6.07) is 3.62. The van der Waals surface area contributed by atoms with Crippen molar-refractivity contribution in [2.24, 2.45) is 7.05 Å². The van der Waals surface area contributed by atoms with Gasteiger partial charge in [0.15, 0.2) is 0 Å². The van der Waals surface area contributed by atoms with Crippen molar-refractivity contribution in [3.8, 4) is 0 Å². The highest BCUT2D eigenvalue weighted by Gasteiger charge is 2.17. The number of carboxylic acid groups (broad SMARTS) is 1. The molecule has 108 valence electrons. The Labute approximate surface area is 115 Å². The summed E-state index contributed by atoms with van der Waals surface area (Å²) >= 11 is 0. The minimum Gasteiger partial charge on any atom is -0.480 e. The molecule has 8 nitrogen and oxygen atoms in total. The zero-order valence-corrected chi connectivity index (χ0v) is 11.5. The molecular weight excluding hydrogens is 284 g/mol. The highest BCUT2D eigenvalue weighted by molar-refractivity contribution is 7.89. The summed E-state index contributed by atoms with van der Waals surface area (Å²) in [6.45, 7) is -0.233. The first kappa shape index (κ1) is 14.3. The fraction of sp³-hybridized carbons (Fsp3) is 0.273. The lowest BCUT2D eigenvalue weighted by Crippen LogP contribution is -2.24. The summed E-state index contributed by atoms with van der Waals surface area (Å²) in [5, 5.41) is 12.3. The quantitative estimate of drug-likeness (QED) is 0.767. The molecule has 2 rings (SSSR count). The standard InChI is InChI=1S/C11H14N4O4S/c1-14-4-2-3-9(14)5-13-20(18,19)10-6-12-15(7-10)8-11(16)17/h2-4,6-7,13H,5,8H2,1H3,(H,16,17). The van der Waals surface area contributed by atoms with Crippen LogP contribution in [0.25, 0.3) is 0 Å². The first-order chi connectivity index (χ1) is 9.38. The van der Waals surface area contributed by atoms with Crippen LogP contribution < -0.4 is 4.72 Å². The largest absolute Gasteiger partial charge is 0.480 e. The number of carboxylic acids is 1. The zero-order valence-electron chi connectivity index (χ0n) is 10.7. The molecule has 0 spiro atoms. The molecule has 0 bridgehead atoms. The Kier molecular flexibility index (Phi) is 3.91. The average molecular weight is 298 g/mol. The van der Waals surface area contributed by atoms with Crippen LogP contribution in [-0.4, -0.2) is 33.8 Å². The van der Waals surface area contributed by atoms with Crippen molar-refractivity contribution >= 4 is 16.0 Å². The van der Waals surface area contributed by atoms with E-state index in [0.717, 1.165) is 16.6 Å². The first-order valence-corrected chi connectivity index (χ1v) is 7.21. The van der Waals surface area contributed by atoms with Gasteiger partial charge in [0.2, 0.25) is 10.0 Å². The molecule has 0 aliphatic heterocycles. The number of hydrogen-bond donors (Lipinski definition) is 2. The van der Waals surface area contributed by atoms with Gasteiger partial charge in [-0.3, -0.25) is 9.48 Å². The number of nitrogens with one attached hydrogen (secondary N) is 1. The van der Waals surface area contributed by atoms with E-state index < -0.39 is 16.0 Å². The highest BCUT2D eigenvalue weighted by atomic mass is 32.2. The van der Waals surface area contributed by atoms with Gasteiger partial charge in [0, 0.05) is 25.1 Å². The van der Waals surface area contributed by atoms with Crippen molar-refractivity contribution < 1.29 is 18.3 Å². The minimum atomic E-state index is -3.71. The summed E-state index contributed by atoms with van der Waals surface area (Å²) in [6.07, 6.45) is 4.12. The molecule has 2 aromatic rings. The van der Waals surface area contributed by atoms with E-state index in [2.05, 4.69) is 9.82 Å². The molecule has 2 N–H and O–H groups in total. The summed E-state index contributed by atoms with van der Waals surface area (Å²) in [5.41, 5.74) is 0.812. The monoisotopic (exact) mass is 298 g/mol. The third-order valence-electron chi connectivity index (χ3n) is 2.71. The average Bonchev–Trinajstić information content (AvgIpc) is 2.95. The van der Waals surface area contributed by atoms with E-state index in [1.807, 2.05) is 19.3 Å². The van der Waals surface area contributed by atoms with Crippen LogP contribution in [0.4, 0.5) is 0 Å². The molecular formula is C11H14N4O4S. The van der Waals surface area contributed by atoms with Gasteiger partial charge in [-0.15, -0.1) is 0 Å². The van der Waals surface area contributed by atoms with Crippen molar-refractivity contribution in [3.63, 3.8) is 0 Å². The van der Waals surface area contributed by atoms with Crippen molar-refractivity contribution in [3.05, 3.63) is 36.4 Å². The van der Waals surface area contributed by atoms with Crippen molar-refractivity contribution in [2.45, 2.75) is 18.0 Å². The fourth-order valence-corrected chi connectivity index (χ4v) is 2.59. The Morgan fingerprint density at radius 2 is 2.25 bits per heavy atom. The number of carbonyl (C=O) groups is 1. The molecule has 0 aliphatic rings. The van der Waals surface area contributed by atoms with Crippen molar-refractivity contribution in [1.29, 1.82) is 0 Å². The summed E-state index contributed by atoms with van der Waals surface area (Å²) < 4.78 is 29.3. The SMILES string of the molecule is Cn1cccc1CNS(=O)(=O)c1cnn(CC(=O)O)c1. The molecule has 0 aromatic carbocycles. The predicted octanol–water partition coefficient (Wildman–Crippen LogP) is -0.215. The Bertz CT molecular complexity index is 716. The van der Waals surface area contributed by atoms with Gasteiger partial charge >= 0.3 is 5.97 Å². The first-order valence-electron chi connectivity index (χ1n) is 5.72. The molecule has 0 fully saturated rings. The Morgan fingerprint density at radius 1 is 1.50 bits per heavy atom. The second-order valence-electron chi connectivity index (χ2n) is 4.20. The number of aryl methyl sites for hydroxylation is 1. The molecule has 0 amide bonds. The van der Waals surface area contributed by atoms with Gasteiger partial charge in [-0.25, -0.2) is 13.1 Å². The Balaban J connectivity index is 2.08. The number of hydrogen-bond acceptors (Lipinski definition) is 4. The highest BCUT2D eigenvalue weighted by Crippen LogP contribution is 2.08. The molecule has 0 saturated carbocycles. The smallest absolute Gasteiger partial charge is 0.325 e. The molecule has 0 saturated heterocycles. The Morgan fingerprint density at radius 3 is 2.85 bits per heavy atom. The van der Waals surface area contributed by atoms with Crippen LogP contribution in [0.3, 0.4) is 0 Å². The van der Waals surface area contributed by atoms with Crippen molar-refractivity contribution in [1.82, 2.24) is 19.1 Å². The van der Waals surface area contributed by atoms with Crippen LogP contribution in [0.5, 0.6) is 0 Å². The lowest BCUT2D eigenvalue weighted by atomic mass is 10.4. The Hall–Kier alpha value is -2.13. The maximum absolute atomic E-state index is 12.0. The van der Waals surface area contributed by atoms with Gasteiger partial charge in [0.05, 0.1) is 12.7 Å². The van der Waals surface area contributed by atoms with Gasteiger partial charge in [-0.1, -0.05) is 0 Å². The summed E-state index contributed by atoms with van der Waals surface area (Å²) in [7, 11) is -1.89. The number of aliphatic carboxylic acids is 1. The number of aromatic nitrogens is 3. The van der Waals surface area contributed by atoms with Gasteiger partial charge in [-0.05, 0) is 12.1 Å². The third kappa shape index (κ3) is 3.25. The molecule has 0 aliphatic carbocycles. The van der Waals surface area contributed by atoms with Crippen LogP contribution in [0, 0.1) is 0 Å². The lowest BCUT2D eigenvalue weighted by molar-refractivity contribution is -0.137. The second kappa shape index (κ2) is 5.47. The van der Waals surface area contributed by atoms with Gasteiger partial charge in [0.25, 0.3) is 0 Å². The summed E-state index contributed by atoms with van der Waals surface area (Å²) in [5.74, 6) is -1.09. The molecule has 0 radical (unpaired) electrons. The van der Waals surface area contributed by atoms with E-state index in [4.69, 9.17) is 5.11 Å². The minimum absolute atomic E-state index is 0.0621. The van der Waals surface area contributed by atoms with Crippen LogP contribution in [-0.2, 0) is 35.0 Å². The fourth-order valence-electron chi connectivity index (χ4n) is 1.64.